The summed E-state index contributed by atoms with van der Waals surface area (Å²) >= 11 is 0. The number of hydrogen-bond donors (Lipinski definition) is 3. The molecule has 7 bridgehead atoms. The Hall–Kier alpha value is -0.320. The molecule has 3 N–H and O–H groups in total. The van der Waals surface area contributed by atoms with Gasteiger partial charge in [-0.3, -0.25) is 4.90 Å². The van der Waals surface area contributed by atoms with Crippen LogP contribution in [0.5, 0.6) is 0 Å². The second-order valence-electron chi connectivity index (χ2n) is 11.9. The lowest BCUT2D eigenvalue weighted by atomic mass is 9.42. The van der Waals surface area contributed by atoms with Gasteiger partial charge in [-0.1, -0.05) is 6.92 Å². The Bertz CT molecular complexity index is 814. The molecule has 6 rings (SSSR count). The van der Waals surface area contributed by atoms with E-state index in [1.165, 1.54) is 0 Å². The number of fused-ring (bicyclic) bond motifs is 2. The van der Waals surface area contributed by atoms with Crippen LogP contribution in [0.2, 0.25) is 0 Å². The maximum atomic E-state index is 12.9. The van der Waals surface area contributed by atoms with E-state index >= 15 is 0 Å². The number of piperidine rings is 1. The van der Waals surface area contributed by atoms with Gasteiger partial charge in [-0.15, -0.1) is 0 Å². The summed E-state index contributed by atoms with van der Waals surface area (Å²) in [5.74, 6) is -0.231. The normalized spacial score (nSPS) is 60.9. The summed E-state index contributed by atoms with van der Waals surface area (Å²) in [6.45, 7) is 4.18. The number of aliphatic hydroxyl groups excluding tert-OH is 1. The lowest BCUT2D eigenvalue weighted by Gasteiger charge is -2.69. The summed E-state index contributed by atoms with van der Waals surface area (Å²) in [7, 11) is 6.79. The maximum Gasteiger partial charge on any atom is 0.136 e. The van der Waals surface area contributed by atoms with Gasteiger partial charge in [0, 0.05) is 70.0 Å². The number of hydrogen-bond acceptors (Lipinski definition) is 8. The number of methoxy groups -OCH3 is 4. The first-order valence-corrected chi connectivity index (χ1v) is 12.7. The van der Waals surface area contributed by atoms with Crippen LogP contribution in [0.1, 0.15) is 32.6 Å². The summed E-state index contributed by atoms with van der Waals surface area (Å²) in [4.78, 5) is 2.33. The predicted molar refractivity (Wildman–Crippen MR) is 119 cm³/mol. The van der Waals surface area contributed by atoms with Crippen molar-refractivity contribution < 1.29 is 34.3 Å². The van der Waals surface area contributed by atoms with Crippen LogP contribution < -0.4 is 0 Å². The zero-order valence-corrected chi connectivity index (χ0v) is 20.6. The van der Waals surface area contributed by atoms with E-state index in [9.17, 15) is 15.3 Å². The maximum absolute atomic E-state index is 12.9. The molecule has 1 aliphatic heterocycles. The van der Waals surface area contributed by atoms with Crippen molar-refractivity contribution >= 4 is 0 Å². The van der Waals surface area contributed by atoms with Gasteiger partial charge >= 0.3 is 0 Å². The van der Waals surface area contributed by atoms with Crippen LogP contribution >= 0.6 is 0 Å². The standard InChI is InChI=1S/C25H41NO7/c1-6-26-11-22(12-30-2)8-7-16(27)24-14-9-13-15(31-3)10-23(28,17(14)18(13)32-4)25(29,21(24)26)20(33-5)19(22)24/h13-21,27-29H,6-12H2,1-5H3/t13?,14?,15-,16-,17?,18?,19?,20?,21?,22-,23+,24?,25?/m0/s1. The van der Waals surface area contributed by atoms with Crippen molar-refractivity contribution in [3.8, 4) is 0 Å². The lowest BCUT2D eigenvalue weighted by Crippen LogP contribution is -2.82. The molecule has 5 aliphatic carbocycles. The van der Waals surface area contributed by atoms with E-state index in [0.29, 0.717) is 19.4 Å². The van der Waals surface area contributed by atoms with Gasteiger partial charge in [-0.2, -0.15) is 0 Å². The van der Waals surface area contributed by atoms with Crippen LogP contribution in [0.4, 0.5) is 0 Å². The molecule has 0 amide bonds. The fourth-order valence-corrected chi connectivity index (χ4v) is 11.0. The third-order valence-corrected chi connectivity index (χ3v) is 11.5. The van der Waals surface area contributed by atoms with Crippen LogP contribution in [-0.2, 0) is 18.9 Å². The lowest BCUT2D eigenvalue weighted by molar-refractivity contribution is -0.318. The third kappa shape index (κ3) is 2.20. The Balaban J connectivity index is 1.67. The molecule has 5 saturated carbocycles. The fourth-order valence-electron chi connectivity index (χ4n) is 11.0. The van der Waals surface area contributed by atoms with Gasteiger partial charge in [0.1, 0.15) is 11.2 Å². The first-order chi connectivity index (χ1) is 15.8. The Kier molecular flexibility index (Phi) is 4.99. The average molecular weight is 468 g/mol. The van der Waals surface area contributed by atoms with E-state index in [-0.39, 0.29) is 47.3 Å². The minimum atomic E-state index is -1.55. The number of ether oxygens (including phenoxy) is 4. The number of nitrogens with zero attached hydrogens (tertiary/aromatic N) is 1. The van der Waals surface area contributed by atoms with E-state index in [2.05, 4.69) is 11.8 Å². The van der Waals surface area contributed by atoms with Crippen LogP contribution in [0, 0.1) is 34.5 Å². The highest BCUT2D eigenvalue weighted by Gasteiger charge is 2.91. The molecule has 0 aromatic heterocycles. The quantitative estimate of drug-likeness (QED) is 0.512. The largest absolute Gasteiger partial charge is 0.392 e. The topological polar surface area (TPSA) is 101 Å². The molecule has 1 heterocycles. The molecule has 13 atom stereocenters. The van der Waals surface area contributed by atoms with Gasteiger partial charge in [0.15, 0.2) is 0 Å². The molecule has 6 fully saturated rings. The molecule has 8 nitrogen and oxygen atoms in total. The second kappa shape index (κ2) is 7.13. The van der Waals surface area contributed by atoms with Crippen molar-refractivity contribution in [2.45, 2.75) is 74.3 Å². The number of likely N-dealkylation sites (N-methyl/N-ethyl adjacent to an activating group) is 1. The molecule has 9 unspecified atom stereocenters. The Morgan fingerprint density at radius 2 is 1.82 bits per heavy atom. The van der Waals surface area contributed by atoms with Crippen LogP contribution in [-0.4, -0.2) is 110 Å². The highest BCUT2D eigenvalue weighted by Crippen LogP contribution is 2.80. The van der Waals surface area contributed by atoms with Crippen molar-refractivity contribution in [3.63, 3.8) is 0 Å². The summed E-state index contributed by atoms with van der Waals surface area (Å²) in [5.41, 5.74) is -3.82. The van der Waals surface area contributed by atoms with Gasteiger partial charge in [0.05, 0.1) is 37.1 Å². The summed E-state index contributed by atoms with van der Waals surface area (Å²) in [6, 6.07) is -0.386. The van der Waals surface area contributed by atoms with Crippen molar-refractivity contribution in [1.82, 2.24) is 4.90 Å². The van der Waals surface area contributed by atoms with Gasteiger partial charge in [0.2, 0.25) is 0 Å². The Labute approximate surface area is 196 Å². The van der Waals surface area contributed by atoms with Crippen molar-refractivity contribution in [2.24, 2.45) is 34.5 Å². The second-order valence-corrected chi connectivity index (χ2v) is 11.9. The smallest absolute Gasteiger partial charge is 0.136 e. The Morgan fingerprint density at radius 1 is 1.06 bits per heavy atom. The zero-order chi connectivity index (χ0) is 23.6. The van der Waals surface area contributed by atoms with Crippen LogP contribution in [0.15, 0.2) is 0 Å². The Morgan fingerprint density at radius 3 is 2.42 bits per heavy atom. The SMILES string of the molecule is CCN1C[C@]2(COC)CC[C@H](O)C34C5CC6C(OC)C5[C@](O)(C[C@@H]6OC)C(O)(C(OC)C32)C14. The van der Waals surface area contributed by atoms with E-state index in [4.69, 9.17) is 18.9 Å². The number of aliphatic hydroxyl groups is 3. The van der Waals surface area contributed by atoms with E-state index in [1.54, 1.807) is 28.4 Å². The van der Waals surface area contributed by atoms with E-state index in [1.807, 2.05) is 0 Å². The van der Waals surface area contributed by atoms with Crippen molar-refractivity contribution in [2.75, 3.05) is 48.1 Å². The fraction of sp³-hybridized carbons (Fsp3) is 1.00. The highest BCUT2D eigenvalue weighted by atomic mass is 16.5. The monoisotopic (exact) mass is 467 g/mol. The third-order valence-electron chi connectivity index (χ3n) is 11.5. The first kappa shape index (κ1) is 23.1. The van der Waals surface area contributed by atoms with Crippen molar-refractivity contribution in [1.29, 1.82) is 0 Å². The summed E-state index contributed by atoms with van der Waals surface area (Å²) < 4.78 is 24.0. The molecule has 188 valence electrons. The van der Waals surface area contributed by atoms with Gasteiger partial charge in [-0.05, 0) is 31.7 Å². The minimum absolute atomic E-state index is 0.00825. The average Bonchev–Trinajstić information content (AvgIpc) is 3.22. The molecule has 1 spiro atoms. The molecule has 0 aromatic carbocycles. The number of rotatable bonds is 6. The molecule has 0 aromatic rings. The molecule has 6 aliphatic rings. The molecular formula is C25H41NO7. The van der Waals surface area contributed by atoms with Gasteiger partial charge in [-0.25, -0.2) is 0 Å². The van der Waals surface area contributed by atoms with Crippen LogP contribution in [0.3, 0.4) is 0 Å². The van der Waals surface area contributed by atoms with Gasteiger partial charge in [0.25, 0.3) is 0 Å². The number of likely N-dealkylation sites (tertiary alicyclic amines) is 1. The highest BCUT2D eigenvalue weighted by molar-refractivity contribution is 5.41. The molecular weight excluding hydrogens is 426 g/mol. The minimum Gasteiger partial charge on any atom is -0.392 e. The first-order valence-electron chi connectivity index (χ1n) is 12.7. The molecule has 1 saturated heterocycles. The zero-order valence-electron chi connectivity index (χ0n) is 20.6. The van der Waals surface area contributed by atoms with E-state index in [0.717, 1.165) is 25.9 Å². The van der Waals surface area contributed by atoms with E-state index < -0.39 is 28.8 Å². The van der Waals surface area contributed by atoms with Gasteiger partial charge < -0.3 is 34.3 Å². The predicted octanol–water partition coefficient (Wildman–Crippen LogP) is 0.271. The molecule has 33 heavy (non-hydrogen) atoms. The van der Waals surface area contributed by atoms with Crippen molar-refractivity contribution in [3.05, 3.63) is 0 Å². The molecule has 8 heteroatoms. The summed E-state index contributed by atoms with van der Waals surface area (Å²) in [5, 5.41) is 37.6. The summed E-state index contributed by atoms with van der Waals surface area (Å²) in [6.07, 6.45) is 1.06. The molecule has 0 radical (unpaired) electrons. The van der Waals surface area contributed by atoms with Crippen LogP contribution in [0.25, 0.3) is 0 Å².